The summed E-state index contributed by atoms with van der Waals surface area (Å²) in [6, 6.07) is 17.6. The first-order chi connectivity index (χ1) is 14.0. The van der Waals surface area contributed by atoms with E-state index in [0.29, 0.717) is 10.8 Å². The van der Waals surface area contributed by atoms with E-state index in [-0.39, 0.29) is 5.91 Å². The molecule has 0 unspecified atom stereocenters. The van der Waals surface area contributed by atoms with Crippen molar-refractivity contribution in [3.8, 4) is 10.4 Å². The van der Waals surface area contributed by atoms with Gasteiger partial charge in [-0.2, -0.15) is 0 Å². The molecule has 1 aromatic heterocycles. The summed E-state index contributed by atoms with van der Waals surface area (Å²) in [6.45, 7) is 1.47. The van der Waals surface area contributed by atoms with Crippen LogP contribution >= 0.6 is 11.3 Å². The average molecular weight is 408 g/mol. The lowest BCUT2D eigenvalue weighted by atomic mass is 10.1. The number of hydrogen-bond donors (Lipinski definition) is 3. The van der Waals surface area contributed by atoms with Gasteiger partial charge < -0.3 is 10.4 Å². The van der Waals surface area contributed by atoms with Crippen LogP contribution in [0, 0.1) is 0 Å². The van der Waals surface area contributed by atoms with E-state index in [4.69, 9.17) is 5.11 Å². The Kier molecular flexibility index (Phi) is 6.70. The molecule has 0 saturated carbocycles. The topological polar surface area (TPSA) is 104 Å². The SMILES string of the molecule is CC(=O)Nc1nc(CCc2ccc(N=CNC(=O)O)cc2)c(-c2ccccc2)s1. The molecule has 0 saturated heterocycles. The quantitative estimate of drug-likeness (QED) is 0.396. The van der Waals surface area contributed by atoms with E-state index in [1.807, 2.05) is 54.6 Å². The molecule has 3 aromatic rings. The van der Waals surface area contributed by atoms with Crippen LogP contribution in [0.15, 0.2) is 59.6 Å². The van der Waals surface area contributed by atoms with Crippen molar-refractivity contribution in [2.75, 3.05) is 5.32 Å². The van der Waals surface area contributed by atoms with E-state index in [0.717, 1.165) is 40.9 Å². The number of carbonyl (C=O) groups is 2. The van der Waals surface area contributed by atoms with E-state index >= 15 is 0 Å². The van der Waals surface area contributed by atoms with Crippen LogP contribution in [0.25, 0.3) is 10.4 Å². The van der Waals surface area contributed by atoms with E-state index in [1.165, 1.54) is 18.3 Å². The summed E-state index contributed by atoms with van der Waals surface area (Å²) in [5.74, 6) is -0.140. The lowest BCUT2D eigenvalue weighted by Gasteiger charge is -2.04. The van der Waals surface area contributed by atoms with Gasteiger partial charge in [0, 0.05) is 6.92 Å². The van der Waals surface area contributed by atoms with Gasteiger partial charge in [0.1, 0.15) is 0 Å². The zero-order valence-corrected chi connectivity index (χ0v) is 16.6. The molecule has 0 aliphatic heterocycles. The van der Waals surface area contributed by atoms with Crippen LogP contribution in [-0.2, 0) is 17.6 Å². The summed E-state index contributed by atoms with van der Waals surface area (Å²) in [5.41, 5.74) is 3.79. The molecule has 0 bridgehead atoms. The van der Waals surface area contributed by atoms with E-state index in [9.17, 15) is 9.59 Å². The first kappa shape index (κ1) is 20.2. The third-order valence-corrected chi connectivity index (χ3v) is 5.07. The summed E-state index contributed by atoms with van der Waals surface area (Å²) < 4.78 is 0. The largest absolute Gasteiger partial charge is 0.465 e. The number of thiazole rings is 1. The number of benzene rings is 2. The van der Waals surface area contributed by atoms with Crippen LogP contribution in [-0.4, -0.2) is 28.4 Å². The van der Waals surface area contributed by atoms with Gasteiger partial charge in [0.05, 0.1) is 22.6 Å². The number of hydrogen-bond acceptors (Lipinski definition) is 5. The Labute approximate surface area is 172 Å². The van der Waals surface area contributed by atoms with Crippen molar-refractivity contribution < 1.29 is 14.7 Å². The Morgan fingerprint density at radius 3 is 2.48 bits per heavy atom. The van der Waals surface area contributed by atoms with Crippen molar-refractivity contribution >= 4 is 40.5 Å². The number of carbonyl (C=O) groups excluding carboxylic acids is 1. The summed E-state index contributed by atoms with van der Waals surface area (Å²) in [5, 5.41) is 14.0. The van der Waals surface area contributed by atoms with Gasteiger partial charge in [-0.05, 0) is 36.1 Å². The third kappa shape index (κ3) is 5.98. The van der Waals surface area contributed by atoms with Gasteiger partial charge in [0.15, 0.2) is 5.13 Å². The van der Waals surface area contributed by atoms with Crippen molar-refractivity contribution in [2.45, 2.75) is 19.8 Å². The minimum Gasteiger partial charge on any atom is -0.465 e. The summed E-state index contributed by atoms with van der Waals surface area (Å²) in [7, 11) is 0. The lowest BCUT2D eigenvalue weighted by Crippen LogP contribution is -2.17. The molecule has 148 valence electrons. The van der Waals surface area contributed by atoms with Crippen molar-refractivity contribution in [1.29, 1.82) is 0 Å². The monoisotopic (exact) mass is 408 g/mol. The smallest absolute Gasteiger partial charge is 0.409 e. The fourth-order valence-electron chi connectivity index (χ4n) is 2.71. The number of aryl methyl sites for hydroxylation is 2. The fraction of sp³-hybridized carbons (Fsp3) is 0.143. The van der Waals surface area contributed by atoms with Gasteiger partial charge in [-0.3, -0.25) is 10.1 Å². The standard InChI is InChI=1S/C21H20N4O3S/c1-14(26)24-20-25-18(19(29-20)16-5-3-2-4-6-16)12-9-15-7-10-17(11-8-15)22-13-23-21(27)28/h2-8,10-11,13H,9,12H2,1H3,(H,22,23)(H,27,28)(H,24,25,26). The predicted molar refractivity (Wildman–Crippen MR) is 115 cm³/mol. The summed E-state index contributed by atoms with van der Waals surface area (Å²) in [4.78, 5) is 31.5. The van der Waals surface area contributed by atoms with Crippen LogP contribution in [0.4, 0.5) is 15.6 Å². The molecule has 0 aliphatic rings. The Morgan fingerprint density at radius 1 is 1.10 bits per heavy atom. The number of rotatable bonds is 7. The minimum absolute atomic E-state index is 0.140. The number of anilines is 1. The molecule has 0 aliphatic carbocycles. The molecular weight excluding hydrogens is 388 g/mol. The maximum absolute atomic E-state index is 11.4. The van der Waals surface area contributed by atoms with E-state index in [2.05, 4.69) is 20.6 Å². The molecule has 0 fully saturated rings. The van der Waals surface area contributed by atoms with Crippen LogP contribution in [0.5, 0.6) is 0 Å². The molecule has 8 heteroatoms. The second kappa shape index (κ2) is 9.61. The maximum Gasteiger partial charge on any atom is 0.409 e. The molecule has 0 atom stereocenters. The highest BCUT2D eigenvalue weighted by molar-refractivity contribution is 7.19. The molecule has 2 amide bonds. The van der Waals surface area contributed by atoms with Crippen LogP contribution in [0.3, 0.4) is 0 Å². The zero-order valence-electron chi connectivity index (χ0n) is 15.8. The van der Waals surface area contributed by atoms with Gasteiger partial charge in [-0.25, -0.2) is 14.8 Å². The van der Waals surface area contributed by atoms with Crippen LogP contribution < -0.4 is 10.6 Å². The maximum atomic E-state index is 11.4. The number of nitrogens with zero attached hydrogens (tertiary/aromatic N) is 2. The van der Waals surface area contributed by atoms with Gasteiger partial charge in [0.25, 0.3) is 0 Å². The summed E-state index contributed by atoms with van der Waals surface area (Å²) in [6.07, 6.45) is 1.49. The molecule has 2 aromatic carbocycles. The molecule has 0 spiro atoms. The number of carboxylic acid groups (broad SMARTS) is 1. The van der Waals surface area contributed by atoms with Crippen molar-refractivity contribution in [1.82, 2.24) is 10.3 Å². The molecule has 7 nitrogen and oxygen atoms in total. The van der Waals surface area contributed by atoms with E-state index < -0.39 is 6.09 Å². The Bertz CT molecular complexity index is 1010. The Morgan fingerprint density at radius 2 is 1.83 bits per heavy atom. The van der Waals surface area contributed by atoms with Gasteiger partial charge in [0.2, 0.25) is 5.91 Å². The highest BCUT2D eigenvalue weighted by Gasteiger charge is 2.14. The number of aliphatic imine (C=N–C) groups is 1. The Balaban J connectivity index is 1.72. The van der Waals surface area contributed by atoms with Crippen molar-refractivity contribution in [3.05, 3.63) is 65.9 Å². The van der Waals surface area contributed by atoms with Gasteiger partial charge in [-0.1, -0.05) is 53.8 Å². The molecule has 3 rings (SSSR count). The van der Waals surface area contributed by atoms with E-state index in [1.54, 1.807) is 0 Å². The van der Waals surface area contributed by atoms with Crippen LogP contribution in [0.2, 0.25) is 0 Å². The second-order valence-electron chi connectivity index (χ2n) is 6.22. The number of amides is 2. The minimum atomic E-state index is -1.15. The lowest BCUT2D eigenvalue weighted by molar-refractivity contribution is -0.114. The van der Waals surface area contributed by atoms with Crippen molar-refractivity contribution in [3.63, 3.8) is 0 Å². The first-order valence-corrected chi connectivity index (χ1v) is 9.76. The summed E-state index contributed by atoms with van der Waals surface area (Å²) >= 11 is 1.47. The second-order valence-corrected chi connectivity index (χ2v) is 7.22. The highest BCUT2D eigenvalue weighted by Crippen LogP contribution is 2.33. The normalized spacial score (nSPS) is 10.8. The Hall–Kier alpha value is -3.52. The van der Waals surface area contributed by atoms with Gasteiger partial charge in [-0.15, -0.1) is 0 Å². The fourth-order valence-corrected chi connectivity index (χ4v) is 3.78. The molecule has 3 N–H and O–H groups in total. The first-order valence-electron chi connectivity index (χ1n) is 8.95. The molecule has 29 heavy (non-hydrogen) atoms. The molecule has 0 radical (unpaired) electrons. The average Bonchev–Trinajstić information content (AvgIpc) is 3.09. The van der Waals surface area contributed by atoms with Crippen LogP contribution in [0.1, 0.15) is 18.2 Å². The third-order valence-electron chi connectivity index (χ3n) is 4.00. The molecular formula is C21H20N4O3S. The number of nitrogens with one attached hydrogen (secondary N) is 2. The van der Waals surface area contributed by atoms with Gasteiger partial charge >= 0.3 is 6.09 Å². The highest BCUT2D eigenvalue weighted by atomic mass is 32.1. The molecule has 1 heterocycles. The number of aromatic nitrogens is 1. The van der Waals surface area contributed by atoms with Crippen molar-refractivity contribution in [2.24, 2.45) is 4.99 Å². The predicted octanol–water partition coefficient (Wildman–Crippen LogP) is 4.48. The zero-order chi connectivity index (χ0) is 20.6.